The van der Waals surface area contributed by atoms with Gasteiger partial charge in [0.1, 0.15) is 10.5 Å². The maximum Gasteiger partial charge on any atom is 0.272 e. The van der Waals surface area contributed by atoms with Gasteiger partial charge >= 0.3 is 0 Å². The van der Waals surface area contributed by atoms with Crippen molar-refractivity contribution in [3.05, 3.63) is 51.4 Å². The van der Waals surface area contributed by atoms with Gasteiger partial charge in [0.2, 0.25) is 11.7 Å². The SMILES string of the molecule is Cc1ccc(NC(=O)CSc2nnc3n(C[C@H]4CCCO4)c(=O)c4sccc4n23)cc1F. The predicted molar refractivity (Wildman–Crippen MR) is 122 cm³/mol. The molecule has 1 saturated heterocycles. The number of carbonyl (C=O) groups is 1. The number of anilines is 1. The number of hydrogen-bond donors (Lipinski definition) is 1. The average molecular weight is 474 g/mol. The Hall–Kier alpha value is -2.76. The summed E-state index contributed by atoms with van der Waals surface area (Å²) in [6.45, 7) is 2.78. The Morgan fingerprint density at radius 1 is 1.38 bits per heavy atom. The summed E-state index contributed by atoms with van der Waals surface area (Å²) in [6, 6.07) is 6.42. The fourth-order valence-corrected chi connectivity index (χ4v) is 5.31. The van der Waals surface area contributed by atoms with Crippen molar-refractivity contribution < 1.29 is 13.9 Å². The molecule has 1 aromatic carbocycles. The van der Waals surface area contributed by atoms with Crippen LogP contribution >= 0.6 is 23.1 Å². The van der Waals surface area contributed by atoms with Crippen molar-refractivity contribution in [2.75, 3.05) is 17.7 Å². The molecule has 0 unspecified atom stereocenters. The molecule has 8 nitrogen and oxygen atoms in total. The number of carbonyl (C=O) groups excluding carboxylic acids is 1. The molecular weight excluding hydrogens is 453 g/mol. The molecule has 166 valence electrons. The van der Waals surface area contributed by atoms with Crippen LogP contribution in [-0.2, 0) is 16.1 Å². The summed E-state index contributed by atoms with van der Waals surface area (Å²) in [4.78, 5) is 25.5. The van der Waals surface area contributed by atoms with Gasteiger partial charge in [-0.05, 0) is 48.9 Å². The van der Waals surface area contributed by atoms with E-state index in [0.29, 0.717) is 45.6 Å². The minimum absolute atomic E-state index is 0.0256. The zero-order valence-electron chi connectivity index (χ0n) is 17.2. The fourth-order valence-electron chi connectivity index (χ4n) is 3.75. The molecular formula is C21H20FN5O3S2. The normalized spacial score (nSPS) is 16.2. The molecule has 0 aliphatic carbocycles. The molecule has 0 radical (unpaired) electrons. The van der Waals surface area contributed by atoms with Crippen molar-refractivity contribution in [2.45, 2.75) is 37.6 Å². The molecule has 1 amide bonds. The quantitative estimate of drug-likeness (QED) is 0.432. The Kier molecular flexibility index (Phi) is 5.70. The third-order valence-electron chi connectivity index (χ3n) is 5.38. The highest BCUT2D eigenvalue weighted by atomic mass is 32.2. The Morgan fingerprint density at radius 3 is 3.03 bits per heavy atom. The van der Waals surface area contributed by atoms with Crippen LogP contribution < -0.4 is 10.9 Å². The Labute approximate surface area is 190 Å². The van der Waals surface area contributed by atoms with E-state index in [-0.39, 0.29) is 29.1 Å². The van der Waals surface area contributed by atoms with E-state index in [0.717, 1.165) is 12.8 Å². The van der Waals surface area contributed by atoms with Crippen molar-refractivity contribution >= 4 is 50.7 Å². The van der Waals surface area contributed by atoms with Crippen LogP contribution in [0, 0.1) is 12.7 Å². The number of thioether (sulfide) groups is 1. The van der Waals surface area contributed by atoms with Crippen LogP contribution in [0.4, 0.5) is 10.1 Å². The van der Waals surface area contributed by atoms with E-state index in [2.05, 4.69) is 15.5 Å². The summed E-state index contributed by atoms with van der Waals surface area (Å²) in [6.07, 6.45) is 1.85. The molecule has 5 rings (SSSR count). The van der Waals surface area contributed by atoms with Crippen LogP contribution in [0.3, 0.4) is 0 Å². The molecule has 1 atom stereocenters. The van der Waals surface area contributed by atoms with Crippen molar-refractivity contribution in [1.29, 1.82) is 0 Å². The van der Waals surface area contributed by atoms with Gasteiger partial charge in [0.25, 0.3) is 5.56 Å². The molecule has 1 N–H and O–H groups in total. The lowest BCUT2D eigenvalue weighted by Crippen LogP contribution is -2.28. The summed E-state index contributed by atoms with van der Waals surface area (Å²) in [5.41, 5.74) is 1.52. The monoisotopic (exact) mass is 473 g/mol. The number of hydrogen-bond acceptors (Lipinski definition) is 7. The van der Waals surface area contributed by atoms with Crippen LogP contribution in [0.25, 0.3) is 16.0 Å². The van der Waals surface area contributed by atoms with Crippen molar-refractivity contribution in [3.8, 4) is 0 Å². The minimum Gasteiger partial charge on any atom is -0.376 e. The van der Waals surface area contributed by atoms with Gasteiger partial charge < -0.3 is 10.1 Å². The lowest BCUT2D eigenvalue weighted by atomic mass is 10.2. The second kappa shape index (κ2) is 8.64. The second-order valence-corrected chi connectivity index (χ2v) is 9.46. The number of aryl methyl sites for hydroxylation is 1. The number of aromatic nitrogens is 4. The van der Waals surface area contributed by atoms with Crippen molar-refractivity contribution in [2.24, 2.45) is 0 Å². The van der Waals surface area contributed by atoms with Crippen molar-refractivity contribution in [3.63, 3.8) is 0 Å². The number of halogens is 1. The van der Waals surface area contributed by atoms with E-state index in [4.69, 9.17) is 4.74 Å². The summed E-state index contributed by atoms with van der Waals surface area (Å²) in [5, 5.41) is 13.6. The fraction of sp³-hybridized carbons (Fsp3) is 0.333. The smallest absolute Gasteiger partial charge is 0.272 e. The van der Waals surface area contributed by atoms with Gasteiger partial charge in [0, 0.05) is 12.3 Å². The number of nitrogens with one attached hydrogen (secondary N) is 1. The van der Waals surface area contributed by atoms with Gasteiger partial charge in [0.15, 0.2) is 5.16 Å². The zero-order valence-corrected chi connectivity index (χ0v) is 18.8. The largest absolute Gasteiger partial charge is 0.376 e. The van der Waals surface area contributed by atoms with E-state index in [1.165, 1.54) is 29.2 Å². The van der Waals surface area contributed by atoms with E-state index >= 15 is 0 Å². The van der Waals surface area contributed by atoms with Gasteiger partial charge in [-0.15, -0.1) is 21.5 Å². The summed E-state index contributed by atoms with van der Waals surface area (Å²) >= 11 is 2.58. The van der Waals surface area contributed by atoms with Crippen LogP contribution in [0.5, 0.6) is 0 Å². The molecule has 11 heteroatoms. The number of amides is 1. The first-order valence-electron chi connectivity index (χ1n) is 10.2. The average Bonchev–Trinajstić information content (AvgIpc) is 3.52. The van der Waals surface area contributed by atoms with Crippen LogP contribution in [-0.4, -0.2) is 43.5 Å². The van der Waals surface area contributed by atoms with Gasteiger partial charge in [-0.1, -0.05) is 17.8 Å². The third kappa shape index (κ3) is 3.91. The summed E-state index contributed by atoms with van der Waals surface area (Å²) in [5.74, 6) is -0.167. The molecule has 1 aliphatic rings. The number of benzene rings is 1. The molecule has 1 fully saturated rings. The Balaban J connectivity index is 1.42. The van der Waals surface area contributed by atoms with E-state index < -0.39 is 0 Å². The molecule has 0 saturated carbocycles. The number of fused-ring (bicyclic) bond motifs is 3. The van der Waals surface area contributed by atoms with Gasteiger partial charge in [-0.2, -0.15) is 0 Å². The Bertz CT molecular complexity index is 1370. The summed E-state index contributed by atoms with van der Waals surface area (Å²) in [7, 11) is 0. The first kappa shape index (κ1) is 21.1. The van der Waals surface area contributed by atoms with Crippen molar-refractivity contribution in [1.82, 2.24) is 19.2 Å². The molecule has 0 bridgehead atoms. The highest BCUT2D eigenvalue weighted by Gasteiger charge is 2.23. The molecule has 4 heterocycles. The highest BCUT2D eigenvalue weighted by Crippen LogP contribution is 2.25. The summed E-state index contributed by atoms with van der Waals surface area (Å²) < 4.78 is 23.5. The van der Waals surface area contributed by atoms with E-state index in [9.17, 15) is 14.0 Å². The second-order valence-electron chi connectivity index (χ2n) is 7.60. The van der Waals surface area contributed by atoms with Gasteiger partial charge in [0.05, 0.1) is 23.9 Å². The van der Waals surface area contributed by atoms with Crippen LogP contribution in [0.2, 0.25) is 0 Å². The number of rotatable bonds is 6. The van der Waals surface area contributed by atoms with Gasteiger partial charge in [-0.3, -0.25) is 18.6 Å². The van der Waals surface area contributed by atoms with Crippen LogP contribution in [0.15, 0.2) is 39.6 Å². The molecule has 1 aliphatic heterocycles. The van der Waals surface area contributed by atoms with Crippen LogP contribution in [0.1, 0.15) is 18.4 Å². The topological polar surface area (TPSA) is 90.5 Å². The molecule has 0 spiro atoms. The number of thiophene rings is 1. The standard InChI is InChI=1S/C21H20FN5O3S2/c1-12-4-5-13(9-15(12)22)23-17(28)11-32-21-25-24-20-26(10-14-3-2-7-30-14)19(29)18-16(27(20)21)6-8-31-18/h4-6,8-9,14H,2-3,7,10-11H2,1H3,(H,23,28)/t14-/m1/s1. The maximum absolute atomic E-state index is 13.7. The highest BCUT2D eigenvalue weighted by molar-refractivity contribution is 7.99. The van der Waals surface area contributed by atoms with E-state index in [1.807, 2.05) is 15.8 Å². The van der Waals surface area contributed by atoms with E-state index in [1.54, 1.807) is 23.6 Å². The lowest BCUT2D eigenvalue weighted by molar-refractivity contribution is -0.113. The minimum atomic E-state index is -0.372. The van der Waals surface area contributed by atoms with Gasteiger partial charge in [-0.25, -0.2) is 4.39 Å². The first-order chi connectivity index (χ1) is 15.5. The zero-order chi connectivity index (χ0) is 22.2. The Morgan fingerprint density at radius 2 is 2.25 bits per heavy atom. The number of ether oxygens (including phenoxy) is 1. The third-order valence-corrected chi connectivity index (χ3v) is 7.20. The predicted octanol–water partition coefficient (Wildman–Crippen LogP) is 3.46. The first-order valence-corrected chi connectivity index (χ1v) is 12.0. The molecule has 32 heavy (non-hydrogen) atoms. The number of nitrogens with zero attached hydrogens (tertiary/aromatic N) is 4. The molecule has 3 aromatic heterocycles. The maximum atomic E-state index is 13.7. The molecule has 4 aromatic rings. The lowest BCUT2D eigenvalue weighted by Gasteiger charge is -2.13.